The van der Waals surface area contributed by atoms with Gasteiger partial charge in [0, 0.05) is 23.7 Å². The molecule has 1 heterocycles. The van der Waals surface area contributed by atoms with E-state index in [1.54, 1.807) is 0 Å². The highest BCUT2D eigenvalue weighted by Gasteiger charge is 2.08. The van der Waals surface area contributed by atoms with Crippen LogP contribution in [0, 0.1) is 0 Å². The second-order valence-electron chi connectivity index (χ2n) is 5.36. The van der Waals surface area contributed by atoms with Gasteiger partial charge in [0.1, 0.15) is 0 Å². The summed E-state index contributed by atoms with van der Waals surface area (Å²) in [4.78, 5) is 16.1. The summed E-state index contributed by atoms with van der Waals surface area (Å²) in [7, 11) is 0. The predicted octanol–water partition coefficient (Wildman–Crippen LogP) is 4.14. The van der Waals surface area contributed by atoms with Crippen LogP contribution in [-0.4, -0.2) is 24.1 Å². The molecule has 0 saturated heterocycles. The molecule has 1 aromatic heterocycles. The number of anilines is 1. The summed E-state index contributed by atoms with van der Waals surface area (Å²) >= 11 is 0. The predicted molar refractivity (Wildman–Crippen MR) is 93.6 cm³/mol. The van der Waals surface area contributed by atoms with Crippen LogP contribution in [0.5, 0.6) is 0 Å². The maximum Gasteiger partial charge on any atom is 0.305 e. The van der Waals surface area contributed by atoms with Crippen molar-refractivity contribution in [1.29, 1.82) is 0 Å². The van der Waals surface area contributed by atoms with E-state index in [4.69, 9.17) is 9.72 Å². The van der Waals surface area contributed by atoms with Gasteiger partial charge in [-0.3, -0.25) is 4.79 Å². The van der Waals surface area contributed by atoms with Gasteiger partial charge in [-0.25, -0.2) is 4.98 Å². The maximum absolute atomic E-state index is 11.4. The molecule has 0 aliphatic rings. The molecule has 0 amide bonds. The molecule has 0 aliphatic carbocycles. The number of ether oxygens (including phenoxy) is 1. The molecular weight excluding hydrogens is 288 g/mol. The number of rotatable bonds is 6. The third kappa shape index (κ3) is 3.42. The van der Waals surface area contributed by atoms with Gasteiger partial charge in [0.05, 0.1) is 23.3 Å². The largest absolute Gasteiger partial charge is 0.466 e. The molecule has 3 rings (SSSR count). The quantitative estimate of drug-likeness (QED) is 0.422. The summed E-state index contributed by atoms with van der Waals surface area (Å²) in [6, 6.07) is 16.2. The number of hydrogen-bond donors (Lipinski definition) is 1. The molecule has 0 spiro atoms. The number of carbonyl (C=O) groups excluding carboxylic acids is 1. The lowest BCUT2D eigenvalue weighted by Gasteiger charge is -2.13. The Balaban J connectivity index is 1.84. The van der Waals surface area contributed by atoms with Gasteiger partial charge in [0.2, 0.25) is 0 Å². The summed E-state index contributed by atoms with van der Waals surface area (Å²) < 4.78 is 4.96. The molecular formula is C19H20N2O2. The number of aromatic nitrogens is 1. The van der Waals surface area contributed by atoms with Gasteiger partial charge in [0.15, 0.2) is 0 Å². The van der Waals surface area contributed by atoms with E-state index in [-0.39, 0.29) is 5.97 Å². The van der Waals surface area contributed by atoms with Crippen LogP contribution in [-0.2, 0) is 9.53 Å². The van der Waals surface area contributed by atoms with Crippen molar-refractivity contribution < 1.29 is 9.53 Å². The Kier molecular flexibility index (Phi) is 4.71. The minimum atomic E-state index is -0.140. The lowest BCUT2D eigenvalue weighted by Crippen LogP contribution is -2.08. The van der Waals surface area contributed by atoms with Crippen LogP contribution in [0.25, 0.3) is 21.8 Å². The topological polar surface area (TPSA) is 51.2 Å². The molecule has 1 N–H and O–H groups in total. The second kappa shape index (κ2) is 7.09. The Hall–Kier alpha value is -2.62. The highest BCUT2D eigenvalue weighted by Crippen LogP contribution is 2.30. The van der Waals surface area contributed by atoms with E-state index in [9.17, 15) is 4.79 Å². The molecule has 4 nitrogen and oxygen atoms in total. The highest BCUT2D eigenvalue weighted by molar-refractivity contribution is 6.07. The average Bonchev–Trinajstić information content (AvgIpc) is 2.58. The number of para-hydroxylation sites is 2. The molecule has 3 aromatic rings. The molecule has 118 valence electrons. The normalized spacial score (nSPS) is 10.8. The van der Waals surface area contributed by atoms with Crippen molar-refractivity contribution in [3.63, 3.8) is 0 Å². The smallest absolute Gasteiger partial charge is 0.305 e. The summed E-state index contributed by atoms with van der Waals surface area (Å²) in [5.41, 5.74) is 3.02. The van der Waals surface area contributed by atoms with Gasteiger partial charge in [0.25, 0.3) is 0 Å². The fraction of sp³-hybridized carbons (Fsp3) is 0.263. The minimum Gasteiger partial charge on any atom is -0.466 e. The van der Waals surface area contributed by atoms with Crippen molar-refractivity contribution in [3.05, 3.63) is 48.5 Å². The lowest BCUT2D eigenvalue weighted by atomic mass is 10.1. The van der Waals surface area contributed by atoms with E-state index in [0.717, 1.165) is 40.5 Å². The lowest BCUT2D eigenvalue weighted by molar-refractivity contribution is -0.143. The standard InChI is InChI=1S/C19H20N2O2/c1-2-23-18(22)12-7-13-20-19-14-8-3-5-10-16(14)21-17-11-6-4-9-15(17)19/h3-6,8-11H,2,7,12-13H2,1H3,(H,20,21). The summed E-state index contributed by atoms with van der Waals surface area (Å²) in [5, 5.41) is 5.68. The maximum atomic E-state index is 11.4. The van der Waals surface area contributed by atoms with Crippen molar-refractivity contribution in [2.45, 2.75) is 19.8 Å². The Labute approximate surface area is 135 Å². The monoisotopic (exact) mass is 308 g/mol. The van der Waals surface area contributed by atoms with Gasteiger partial charge in [-0.05, 0) is 25.5 Å². The molecule has 0 saturated carbocycles. The van der Waals surface area contributed by atoms with E-state index >= 15 is 0 Å². The third-order valence-corrected chi connectivity index (χ3v) is 3.75. The van der Waals surface area contributed by atoms with Crippen LogP contribution >= 0.6 is 0 Å². The first kappa shape index (κ1) is 15.3. The number of esters is 1. The summed E-state index contributed by atoms with van der Waals surface area (Å²) in [5.74, 6) is -0.140. The van der Waals surface area contributed by atoms with Crippen molar-refractivity contribution in [3.8, 4) is 0 Å². The van der Waals surface area contributed by atoms with Crippen LogP contribution in [0.15, 0.2) is 48.5 Å². The third-order valence-electron chi connectivity index (χ3n) is 3.75. The Morgan fingerprint density at radius 3 is 2.26 bits per heavy atom. The summed E-state index contributed by atoms with van der Waals surface area (Å²) in [6.45, 7) is 2.98. The van der Waals surface area contributed by atoms with E-state index in [1.807, 2.05) is 43.3 Å². The van der Waals surface area contributed by atoms with E-state index in [2.05, 4.69) is 17.4 Å². The fourth-order valence-corrected chi connectivity index (χ4v) is 2.71. The Bertz CT molecular complexity index is 776. The zero-order valence-electron chi connectivity index (χ0n) is 13.2. The SMILES string of the molecule is CCOC(=O)CCCNc1c2ccccc2nc2ccccc12. The molecule has 0 bridgehead atoms. The van der Waals surface area contributed by atoms with Gasteiger partial charge in [-0.2, -0.15) is 0 Å². The molecule has 4 heteroatoms. The number of benzene rings is 2. The second-order valence-corrected chi connectivity index (χ2v) is 5.36. The average molecular weight is 308 g/mol. The number of nitrogens with zero attached hydrogens (tertiary/aromatic N) is 1. The zero-order chi connectivity index (χ0) is 16.1. The van der Waals surface area contributed by atoms with Gasteiger partial charge < -0.3 is 10.1 Å². The summed E-state index contributed by atoms with van der Waals surface area (Å²) in [6.07, 6.45) is 1.17. The van der Waals surface area contributed by atoms with Crippen LogP contribution < -0.4 is 5.32 Å². The van der Waals surface area contributed by atoms with Crippen molar-refractivity contribution in [2.24, 2.45) is 0 Å². The van der Waals surface area contributed by atoms with Gasteiger partial charge in [-0.1, -0.05) is 36.4 Å². The first-order valence-electron chi connectivity index (χ1n) is 7.96. The molecule has 0 aliphatic heterocycles. The zero-order valence-corrected chi connectivity index (χ0v) is 13.2. The van der Waals surface area contributed by atoms with Gasteiger partial charge >= 0.3 is 5.97 Å². The number of pyridine rings is 1. The van der Waals surface area contributed by atoms with Crippen LogP contribution in [0.1, 0.15) is 19.8 Å². The van der Waals surface area contributed by atoms with Crippen LogP contribution in [0.2, 0.25) is 0 Å². The molecule has 0 radical (unpaired) electrons. The Morgan fingerprint density at radius 2 is 1.65 bits per heavy atom. The first-order valence-corrected chi connectivity index (χ1v) is 7.96. The number of fused-ring (bicyclic) bond motifs is 2. The van der Waals surface area contributed by atoms with E-state index in [0.29, 0.717) is 13.0 Å². The minimum absolute atomic E-state index is 0.140. The van der Waals surface area contributed by atoms with Crippen LogP contribution in [0.4, 0.5) is 5.69 Å². The molecule has 2 aromatic carbocycles. The van der Waals surface area contributed by atoms with E-state index < -0.39 is 0 Å². The fourth-order valence-electron chi connectivity index (χ4n) is 2.71. The highest BCUT2D eigenvalue weighted by atomic mass is 16.5. The molecule has 0 fully saturated rings. The first-order chi connectivity index (χ1) is 11.3. The van der Waals surface area contributed by atoms with Crippen molar-refractivity contribution in [1.82, 2.24) is 4.98 Å². The van der Waals surface area contributed by atoms with Crippen LogP contribution in [0.3, 0.4) is 0 Å². The molecule has 0 atom stereocenters. The van der Waals surface area contributed by atoms with Crippen molar-refractivity contribution in [2.75, 3.05) is 18.5 Å². The van der Waals surface area contributed by atoms with Crippen molar-refractivity contribution >= 4 is 33.5 Å². The Morgan fingerprint density at radius 1 is 1.04 bits per heavy atom. The van der Waals surface area contributed by atoms with Gasteiger partial charge in [-0.15, -0.1) is 0 Å². The number of carbonyl (C=O) groups is 1. The number of nitrogens with one attached hydrogen (secondary N) is 1. The van der Waals surface area contributed by atoms with E-state index in [1.165, 1.54) is 0 Å². The number of hydrogen-bond acceptors (Lipinski definition) is 4. The molecule has 0 unspecified atom stereocenters. The molecule has 23 heavy (non-hydrogen) atoms.